The minimum absolute atomic E-state index is 0.0678. The summed E-state index contributed by atoms with van der Waals surface area (Å²) in [4.78, 5) is 0.0678. The molecule has 2 aromatic carbocycles. The van der Waals surface area contributed by atoms with Crippen LogP contribution in [0.1, 0.15) is 12.5 Å². The molecule has 5 nitrogen and oxygen atoms in total. The van der Waals surface area contributed by atoms with E-state index in [0.29, 0.717) is 31.1 Å². The average molecular weight is 403 g/mol. The van der Waals surface area contributed by atoms with Crippen molar-refractivity contribution in [3.63, 3.8) is 0 Å². The van der Waals surface area contributed by atoms with Gasteiger partial charge in [0.1, 0.15) is 18.2 Å². The summed E-state index contributed by atoms with van der Waals surface area (Å²) in [6, 6.07) is 14.1. The van der Waals surface area contributed by atoms with Gasteiger partial charge >= 0.3 is 0 Å². The van der Waals surface area contributed by atoms with Gasteiger partial charge in [0.15, 0.2) is 0 Å². The quantitative estimate of drug-likeness (QED) is 0.531. The van der Waals surface area contributed by atoms with Gasteiger partial charge in [-0.05, 0) is 42.3 Å². The molecule has 0 N–H and O–H groups in total. The van der Waals surface area contributed by atoms with Gasteiger partial charge in [0.05, 0.1) is 17.2 Å². The van der Waals surface area contributed by atoms with Crippen LogP contribution in [0, 0.1) is 5.82 Å². The second-order valence-corrected chi connectivity index (χ2v) is 8.00. The van der Waals surface area contributed by atoms with Crippen LogP contribution in [0.15, 0.2) is 65.7 Å². The van der Waals surface area contributed by atoms with Crippen molar-refractivity contribution in [2.75, 3.05) is 20.3 Å². The Balaban J connectivity index is 2.07. The molecule has 0 amide bonds. The fourth-order valence-electron chi connectivity index (χ4n) is 2.84. The summed E-state index contributed by atoms with van der Waals surface area (Å²) in [6.07, 6.45) is 2.17. The van der Waals surface area contributed by atoms with Crippen LogP contribution in [0.2, 0.25) is 0 Å². The zero-order valence-electron chi connectivity index (χ0n) is 15.8. The number of methoxy groups -OCH3 is 1. The SMILES string of the molecule is CCc1cc(-c2ccccc2F)n(S(=O)(=O)c2cccc(OCCOC)c2)c1. The number of aryl methyl sites for hydroxylation is 1. The van der Waals surface area contributed by atoms with Gasteiger partial charge in [0.2, 0.25) is 0 Å². The molecule has 7 heteroatoms. The molecule has 1 aromatic heterocycles. The summed E-state index contributed by atoms with van der Waals surface area (Å²) >= 11 is 0. The van der Waals surface area contributed by atoms with Crippen LogP contribution >= 0.6 is 0 Å². The van der Waals surface area contributed by atoms with Gasteiger partial charge in [-0.1, -0.05) is 25.1 Å². The first-order valence-corrected chi connectivity index (χ1v) is 10.3. The van der Waals surface area contributed by atoms with Crippen LogP contribution in [0.3, 0.4) is 0 Å². The highest BCUT2D eigenvalue weighted by Crippen LogP contribution is 2.30. The molecular weight excluding hydrogens is 381 g/mol. The minimum Gasteiger partial charge on any atom is -0.491 e. The van der Waals surface area contributed by atoms with Crippen LogP contribution in [0.5, 0.6) is 5.75 Å². The predicted octanol–water partition coefficient (Wildman–Crippen LogP) is 4.12. The molecule has 0 bridgehead atoms. The number of hydrogen-bond acceptors (Lipinski definition) is 4. The summed E-state index contributed by atoms with van der Waals surface area (Å²) in [5.41, 5.74) is 1.33. The molecule has 0 saturated heterocycles. The van der Waals surface area contributed by atoms with E-state index in [1.807, 2.05) is 6.92 Å². The highest BCUT2D eigenvalue weighted by Gasteiger charge is 2.23. The minimum atomic E-state index is -3.94. The maximum atomic E-state index is 14.4. The van der Waals surface area contributed by atoms with E-state index in [-0.39, 0.29) is 10.5 Å². The molecule has 0 radical (unpaired) electrons. The van der Waals surface area contributed by atoms with Gasteiger partial charge in [0, 0.05) is 24.9 Å². The van der Waals surface area contributed by atoms with Crippen LogP contribution in [-0.4, -0.2) is 32.7 Å². The lowest BCUT2D eigenvalue weighted by Gasteiger charge is -2.12. The van der Waals surface area contributed by atoms with Crippen molar-refractivity contribution in [1.29, 1.82) is 0 Å². The molecule has 0 fully saturated rings. The Morgan fingerprint density at radius 3 is 2.54 bits per heavy atom. The second kappa shape index (κ2) is 8.58. The number of rotatable bonds is 8. The van der Waals surface area contributed by atoms with E-state index in [4.69, 9.17) is 9.47 Å². The predicted molar refractivity (Wildman–Crippen MR) is 106 cm³/mol. The number of ether oxygens (including phenoxy) is 2. The maximum Gasteiger partial charge on any atom is 0.268 e. The summed E-state index contributed by atoms with van der Waals surface area (Å²) in [5, 5.41) is 0. The Kier molecular flexibility index (Phi) is 6.16. The lowest BCUT2D eigenvalue weighted by molar-refractivity contribution is 0.146. The van der Waals surface area contributed by atoms with Crippen molar-refractivity contribution in [3.8, 4) is 17.0 Å². The van der Waals surface area contributed by atoms with Gasteiger partial charge in [-0.3, -0.25) is 0 Å². The first-order chi connectivity index (χ1) is 13.5. The standard InChI is InChI=1S/C21H22FNO4S/c1-3-16-13-21(19-9-4-5-10-20(19)22)23(15-16)28(24,25)18-8-6-7-17(14-18)27-12-11-26-2/h4-10,13-15H,3,11-12H2,1-2H3. The fraction of sp³-hybridized carbons (Fsp3) is 0.238. The third kappa shape index (κ3) is 4.10. The van der Waals surface area contributed by atoms with E-state index in [9.17, 15) is 12.8 Å². The van der Waals surface area contributed by atoms with Crippen LogP contribution < -0.4 is 4.74 Å². The van der Waals surface area contributed by atoms with Crippen molar-refractivity contribution in [3.05, 3.63) is 72.2 Å². The highest BCUT2D eigenvalue weighted by atomic mass is 32.2. The van der Waals surface area contributed by atoms with E-state index in [2.05, 4.69) is 0 Å². The van der Waals surface area contributed by atoms with Gasteiger partial charge in [-0.25, -0.2) is 16.8 Å². The van der Waals surface area contributed by atoms with Gasteiger partial charge in [0.25, 0.3) is 10.0 Å². The van der Waals surface area contributed by atoms with Crippen molar-refractivity contribution in [1.82, 2.24) is 3.97 Å². The third-order valence-corrected chi connectivity index (χ3v) is 5.99. The number of benzene rings is 2. The molecule has 0 unspecified atom stereocenters. The summed E-state index contributed by atoms with van der Waals surface area (Å²) in [6.45, 7) is 2.62. The van der Waals surface area contributed by atoms with Crippen LogP contribution in [0.25, 0.3) is 11.3 Å². The Morgan fingerprint density at radius 2 is 1.82 bits per heavy atom. The summed E-state index contributed by atoms with van der Waals surface area (Å²) < 4.78 is 52.6. The number of hydrogen-bond donors (Lipinski definition) is 0. The number of aromatic nitrogens is 1. The average Bonchev–Trinajstić information content (AvgIpc) is 3.14. The zero-order valence-corrected chi connectivity index (χ0v) is 16.6. The van der Waals surface area contributed by atoms with E-state index in [1.165, 1.54) is 24.4 Å². The first kappa shape index (κ1) is 20.1. The molecule has 0 aliphatic carbocycles. The number of halogens is 1. The Bertz CT molecular complexity index is 1060. The van der Waals surface area contributed by atoms with Crippen molar-refractivity contribution in [2.24, 2.45) is 0 Å². The van der Waals surface area contributed by atoms with E-state index in [1.54, 1.807) is 43.5 Å². The molecule has 0 aliphatic heterocycles. The summed E-state index contributed by atoms with van der Waals surface area (Å²) in [5.74, 6) is -0.0511. The zero-order chi connectivity index (χ0) is 20.1. The maximum absolute atomic E-state index is 14.4. The lowest BCUT2D eigenvalue weighted by Crippen LogP contribution is -2.14. The third-order valence-electron chi connectivity index (χ3n) is 4.32. The fourth-order valence-corrected chi connectivity index (χ4v) is 4.26. The van der Waals surface area contributed by atoms with Crippen LogP contribution in [-0.2, 0) is 21.2 Å². The second-order valence-electron chi connectivity index (χ2n) is 6.18. The Hall–Kier alpha value is -2.64. The normalized spacial score (nSPS) is 11.5. The molecule has 28 heavy (non-hydrogen) atoms. The van der Waals surface area contributed by atoms with Crippen molar-refractivity contribution < 1.29 is 22.3 Å². The Morgan fingerprint density at radius 1 is 1.04 bits per heavy atom. The molecule has 148 valence electrons. The van der Waals surface area contributed by atoms with E-state index < -0.39 is 15.8 Å². The largest absolute Gasteiger partial charge is 0.491 e. The van der Waals surface area contributed by atoms with Gasteiger partial charge in [-0.15, -0.1) is 0 Å². The molecule has 0 aliphatic rings. The van der Waals surface area contributed by atoms with Crippen LogP contribution in [0.4, 0.5) is 4.39 Å². The molecule has 0 spiro atoms. The lowest BCUT2D eigenvalue weighted by atomic mass is 10.1. The Labute approximate surface area is 164 Å². The molecule has 3 rings (SSSR count). The molecule has 1 heterocycles. The number of nitrogens with zero attached hydrogens (tertiary/aromatic N) is 1. The highest BCUT2D eigenvalue weighted by molar-refractivity contribution is 7.90. The van der Waals surface area contributed by atoms with Gasteiger partial charge < -0.3 is 9.47 Å². The molecule has 0 atom stereocenters. The topological polar surface area (TPSA) is 57.5 Å². The first-order valence-electron chi connectivity index (χ1n) is 8.91. The molecule has 3 aromatic rings. The molecule has 0 saturated carbocycles. The smallest absolute Gasteiger partial charge is 0.268 e. The van der Waals surface area contributed by atoms with Crippen molar-refractivity contribution in [2.45, 2.75) is 18.2 Å². The van der Waals surface area contributed by atoms with Gasteiger partial charge in [-0.2, -0.15) is 0 Å². The summed E-state index contributed by atoms with van der Waals surface area (Å²) in [7, 11) is -2.38. The molecular formula is C21H22FNO4S. The van der Waals surface area contributed by atoms with E-state index in [0.717, 1.165) is 9.54 Å². The van der Waals surface area contributed by atoms with E-state index >= 15 is 0 Å². The monoisotopic (exact) mass is 403 g/mol. The van der Waals surface area contributed by atoms with Crippen molar-refractivity contribution >= 4 is 10.0 Å².